The number of hydrogen-bond acceptors (Lipinski definition) is 2. The zero-order valence-corrected chi connectivity index (χ0v) is 14.7. The molecule has 3 nitrogen and oxygen atoms in total. The highest BCUT2D eigenvalue weighted by atomic mass is 16.6. The normalized spacial score (nSPS) is 25.9. The Bertz CT molecular complexity index is 696. The standard InChI is InChI=1S/C21H25NO2/c1-20(2)16-22(3)15-14-21(20,18-12-8-5-9-13-18)24-19(23)17-10-6-4-7-11-17/h4-13H,14-16H2,1-3H3/p+1/t21-/m1/s1. The molecule has 2 aromatic rings. The van der Waals surface area contributed by atoms with Crippen LogP contribution in [0.4, 0.5) is 0 Å². The van der Waals surface area contributed by atoms with Crippen LogP contribution in [0.1, 0.15) is 36.2 Å². The van der Waals surface area contributed by atoms with Crippen LogP contribution in [0.2, 0.25) is 0 Å². The molecule has 2 aromatic carbocycles. The number of hydrogen-bond donors (Lipinski definition) is 1. The van der Waals surface area contributed by atoms with E-state index in [1.54, 1.807) is 0 Å². The molecule has 0 spiro atoms. The fourth-order valence-electron chi connectivity index (χ4n) is 4.00. The molecule has 2 atom stereocenters. The molecule has 0 bridgehead atoms. The van der Waals surface area contributed by atoms with Gasteiger partial charge in [-0.05, 0) is 17.7 Å². The van der Waals surface area contributed by atoms with Crippen LogP contribution in [0.5, 0.6) is 0 Å². The highest BCUT2D eigenvalue weighted by molar-refractivity contribution is 5.89. The molecule has 1 aliphatic heterocycles. The minimum Gasteiger partial charge on any atom is -0.450 e. The fraction of sp³-hybridized carbons (Fsp3) is 0.381. The number of quaternary nitrogens is 1. The van der Waals surface area contributed by atoms with Crippen LogP contribution in [0.3, 0.4) is 0 Å². The van der Waals surface area contributed by atoms with Crippen LogP contribution in [-0.4, -0.2) is 26.1 Å². The summed E-state index contributed by atoms with van der Waals surface area (Å²) in [5.41, 5.74) is 0.948. The zero-order chi connectivity index (χ0) is 17.2. The van der Waals surface area contributed by atoms with Crippen molar-refractivity contribution in [3.8, 4) is 0 Å². The van der Waals surface area contributed by atoms with Crippen LogP contribution in [-0.2, 0) is 10.3 Å². The van der Waals surface area contributed by atoms with Crippen LogP contribution >= 0.6 is 0 Å². The third kappa shape index (κ3) is 2.96. The van der Waals surface area contributed by atoms with Gasteiger partial charge in [0.1, 0.15) is 0 Å². The number of nitrogens with one attached hydrogen (secondary N) is 1. The van der Waals surface area contributed by atoms with Crippen molar-refractivity contribution in [1.29, 1.82) is 0 Å². The Morgan fingerprint density at radius 2 is 1.58 bits per heavy atom. The monoisotopic (exact) mass is 324 g/mol. The average Bonchev–Trinajstić information content (AvgIpc) is 2.58. The molecule has 0 saturated carbocycles. The number of likely N-dealkylation sites (tertiary alicyclic amines) is 1. The van der Waals surface area contributed by atoms with Crippen molar-refractivity contribution in [2.75, 3.05) is 20.1 Å². The first-order chi connectivity index (χ1) is 11.4. The molecule has 1 fully saturated rings. The van der Waals surface area contributed by atoms with Crippen molar-refractivity contribution in [1.82, 2.24) is 0 Å². The van der Waals surface area contributed by atoms with Gasteiger partial charge in [0.05, 0.1) is 31.1 Å². The first kappa shape index (κ1) is 16.7. The van der Waals surface area contributed by atoms with E-state index in [1.165, 1.54) is 4.90 Å². The van der Waals surface area contributed by atoms with E-state index in [0.29, 0.717) is 5.56 Å². The fourth-order valence-corrected chi connectivity index (χ4v) is 4.00. The number of esters is 1. The smallest absolute Gasteiger partial charge is 0.339 e. The summed E-state index contributed by atoms with van der Waals surface area (Å²) < 4.78 is 6.26. The third-order valence-electron chi connectivity index (χ3n) is 5.26. The lowest BCUT2D eigenvalue weighted by Gasteiger charge is -2.50. The van der Waals surface area contributed by atoms with E-state index in [1.807, 2.05) is 48.5 Å². The van der Waals surface area contributed by atoms with Gasteiger partial charge in [0.2, 0.25) is 0 Å². The molecule has 0 aliphatic carbocycles. The predicted molar refractivity (Wildman–Crippen MR) is 95.0 cm³/mol. The lowest BCUT2D eigenvalue weighted by atomic mass is 9.66. The minimum atomic E-state index is -0.597. The molecule has 3 rings (SSSR count). The lowest BCUT2D eigenvalue weighted by Crippen LogP contribution is -3.12. The molecular formula is C21H26NO2+. The van der Waals surface area contributed by atoms with Crippen molar-refractivity contribution in [2.45, 2.75) is 25.9 Å². The molecule has 126 valence electrons. The van der Waals surface area contributed by atoms with E-state index in [-0.39, 0.29) is 11.4 Å². The highest BCUT2D eigenvalue weighted by Gasteiger charge is 2.54. The summed E-state index contributed by atoms with van der Waals surface area (Å²) in [6.07, 6.45) is 0.828. The van der Waals surface area contributed by atoms with Gasteiger partial charge in [-0.1, -0.05) is 62.4 Å². The predicted octanol–water partition coefficient (Wildman–Crippen LogP) is 2.68. The van der Waals surface area contributed by atoms with Crippen molar-refractivity contribution in [3.05, 3.63) is 71.8 Å². The quantitative estimate of drug-likeness (QED) is 0.880. The number of benzene rings is 2. The summed E-state index contributed by atoms with van der Waals surface area (Å²) in [6, 6.07) is 19.5. The van der Waals surface area contributed by atoms with Crippen LogP contribution in [0, 0.1) is 5.41 Å². The van der Waals surface area contributed by atoms with Gasteiger partial charge >= 0.3 is 5.97 Å². The molecule has 0 radical (unpaired) electrons. The molecule has 24 heavy (non-hydrogen) atoms. The van der Waals surface area contributed by atoms with Gasteiger partial charge in [-0.3, -0.25) is 0 Å². The Hall–Kier alpha value is -2.13. The second-order valence-electron chi connectivity index (χ2n) is 7.47. The average molecular weight is 324 g/mol. The summed E-state index contributed by atoms with van der Waals surface area (Å²) in [7, 11) is 2.20. The third-order valence-corrected chi connectivity index (χ3v) is 5.26. The van der Waals surface area contributed by atoms with E-state index < -0.39 is 5.60 Å². The van der Waals surface area contributed by atoms with Crippen LogP contribution < -0.4 is 4.90 Å². The zero-order valence-electron chi connectivity index (χ0n) is 14.7. The molecule has 1 N–H and O–H groups in total. The number of carbonyl (C=O) groups excluding carboxylic acids is 1. The van der Waals surface area contributed by atoms with Crippen molar-refractivity contribution >= 4 is 5.97 Å². The molecule has 1 aliphatic rings. The van der Waals surface area contributed by atoms with Gasteiger partial charge in [-0.15, -0.1) is 0 Å². The number of rotatable bonds is 3. The summed E-state index contributed by atoms with van der Waals surface area (Å²) in [5, 5.41) is 0. The Morgan fingerprint density at radius 3 is 2.17 bits per heavy atom. The molecule has 0 aromatic heterocycles. The number of carbonyl (C=O) groups is 1. The maximum atomic E-state index is 12.8. The van der Waals surface area contributed by atoms with Crippen LogP contribution in [0.25, 0.3) is 0 Å². The Balaban J connectivity index is 2.02. The Kier molecular flexibility index (Phi) is 4.46. The summed E-state index contributed by atoms with van der Waals surface area (Å²) in [4.78, 5) is 14.3. The first-order valence-electron chi connectivity index (χ1n) is 8.60. The first-order valence-corrected chi connectivity index (χ1v) is 8.60. The van der Waals surface area contributed by atoms with E-state index in [2.05, 4.69) is 33.0 Å². The summed E-state index contributed by atoms with van der Waals surface area (Å²) >= 11 is 0. The van der Waals surface area contributed by atoms with Gasteiger partial charge in [-0.25, -0.2) is 4.79 Å². The van der Waals surface area contributed by atoms with E-state index in [0.717, 1.165) is 25.1 Å². The molecule has 3 heteroatoms. The summed E-state index contributed by atoms with van der Waals surface area (Å²) in [6.45, 7) is 6.37. The second-order valence-corrected chi connectivity index (χ2v) is 7.47. The minimum absolute atomic E-state index is 0.152. The van der Waals surface area contributed by atoms with Gasteiger partial charge in [0.25, 0.3) is 0 Å². The van der Waals surface area contributed by atoms with E-state index >= 15 is 0 Å². The number of ether oxygens (including phenoxy) is 1. The number of piperidine rings is 1. The lowest BCUT2D eigenvalue weighted by molar-refractivity contribution is -0.896. The SMILES string of the molecule is C[NH+]1CC[C@@](OC(=O)c2ccccc2)(c2ccccc2)C(C)(C)C1. The second kappa shape index (κ2) is 6.40. The molecule has 1 unspecified atom stereocenters. The van der Waals surface area contributed by atoms with Gasteiger partial charge in [0.15, 0.2) is 5.60 Å². The highest BCUT2D eigenvalue weighted by Crippen LogP contribution is 2.46. The van der Waals surface area contributed by atoms with E-state index in [9.17, 15) is 4.79 Å². The molecular weight excluding hydrogens is 298 g/mol. The topological polar surface area (TPSA) is 30.7 Å². The Labute approximate surface area is 144 Å². The van der Waals surface area contributed by atoms with Gasteiger partial charge in [0, 0.05) is 6.42 Å². The molecule has 1 saturated heterocycles. The van der Waals surface area contributed by atoms with Crippen molar-refractivity contribution in [2.24, 2.45) is 5.41 Å². The Morgan fingerprint density at radius 1 is 1.00 bits per heavy atom. The van der Waals surface area contributed by atoms with Gasteiger partial charge < -0.3 is 9.64 Å². The maximum Gasteiger partial charge on any atom is 0.339 e. The van der Waals surface area contributed by atoms with E-state index in [4.69, 9.17) is 4.74 Å². The molecule has 0 amide bonds. The maximum absolute atomic E-state index is 12.8. The largest absolute Gasteiger partial charge is 0.450 e. The van der Waals surface area contributed by atoms with Crippen molar-refractivity contribution in [3.63, 3.8) is 0 Å². The summed E-state index contributed by atoms with van der Waals surface area (Å²) in [5.74, 6) is -0.243. The van der Waals surface area contributed by atoms with Crippen LogP contribution in [0.15, 0.2) is 60.7 Å². The van der Waals surface area contributed by atoms with Gasteiger partial charge in [-0.2, -0.15) is 0 Å². The molecule has 1 heterocycles. The van der Waals surface area contributed by atoms with Crippen molar-refractivity contribution < 1.29 is 14.4 Å².